The van der Waals surface area contributed by atoms with E-state index in [0.29, 0.717) is 0 Å². The topological polar surface area (TPSA) is 105 Å². The van der Waals surface area contributed by atoms with E-state index in [4.69, 9.17) is 10.4 Å². The summed E-state index contributed by atoms with van der Waals surface area (Å²) in [5, 5.41) is 16.9. The van der Waals surface area contributed by atoms with E-state index in [9.17, 15) is 4.79 Å². The number of aromatic carboxylic acids is 1. The molecule has 62 valence electrons. The number of carboxylic acids is 1. The zero-order valence-electron chi connectivity index (χ0n) is 5.98. The highest BCUT2D eigenvalue weighted by molar-refractivity contribution is 5.88. The molecule has 1 aromatic heterocycles. The molecule has 0 aliphatic heterocycles. The number of nitrogens with zero attached hydrogens (tertiary/aromatic N) is 2. The summed E-state index contributed by atoms with van der Waals surface area (Å²) in [4.78, 5) is 13.9. The smallest absolute Gasteiger partial charge is 0.355 e. The van der Waals surface area contributed by atoms with Crippen LogP contribution >= 0.6 is 0 Å². The van der Waals surface area contributed by atoms with E-state index in [1.807, 2.05) is 0 Å². The highest BCUT2D eigenvalue weighted by Gasteiger charge is 2.08. The van der Waals surface area contributed by atoms with Crippen LogP contribution in [0.15, 0.2) is 18.3 Å². The molecular weight excluding hydrogens is 160 g/mol. The summed E-state index contributed by atoms with van der Waals surface area (Å²) in [7, 11) is 0. The van der Waals surface area contributed by atoms with Crippen molar-refractivity contribution in [2.24, 2.45) is 0 Å². The molecule has 0 radical (unpaired) electrons. The number of carbonyl (C=O) groups is 1. The average molecular weight is 166 g/mol. The van der Waals surface area contributed by atoms with Crippen molar-refractivity contribution in [3.63, 3.8) is 0 Å². The van der Waals surface area contributed by atoms with Gasteiger partial charge in [-0.25, -0.2) is 9.78 Å². The molecule has 5 nitrogen and oxygen atoms in total. The molecule has 0 saturated carbocycles. The van der Waals surface area contributed by atoms with Gasteiger partial charge in [0.25, 0.3) is 0 Å². The maximum Gasteiger partial charge on any atom is 0.355 e. The molecule has 0 amide bonds. The average Bonchev–Trinajstić information content (AvgIpc) is 2.04. The van der Waals surface area contributed by atoms with Crippen molar-refractivity contribution < 1.29 is 15.4 Å². The molecular formula is C7H6N2O3. The third-order valence-electron chi connectivity index (χ3n) is 1.13. The lowest BCUT2D eigenvalue weighted by Crippen LogP contribution is -2.02. The molecule has 0 spiro atoms. The predicted octanol–water partition coefficient (Wildman–Crippen LogP) is -0.173. The minimum Gasteiger partial charge on any atom is -0.476 e. The number of hydrogen-bond donors (Lipinski definition) is 1. The van der Waals surface area contributed by atoms with E-state index in [-0.39, 0.29) is 16.7 Å². The van der Waals surface area contributed by atoms with Crippen molar-refractivity contribution in [2.45, 2.75) is 0 Å². The first-order chi connectivity index (χ1) is 5.25. The standard InChI is InChI=1S/C7H4N2O2.H2O/c8-4-5-2-1-3-9-6(5)7(10)11;/h1-3H,(H,10,11);1H2. The fraction of sp³-hybridized carbons (Fsp3) is 0. The molecule has 0 unspecified atom stereocenters. The van der Waals surface area contributed by atoms with Crippen LogP contribution in [0.1, 0.15) is 16.1 Å². The van der Waals surface area contributed by atoms with E-state index >= 15 is 0 Å². The van der Waals surface area contributed by atoms with E-state index in [0.717, 1.165) is 0 Å². The quantitative estimate of drug-likeness (QED) is 0.624. The summed E-state index contributed by atoms with van der Waals surface area (Å²) >= 11 is 0. The second-order valence-electron chi connectivity index (χ2n) is 1.82. The van der Waals surface area contributed by atoms with Gasteiger partial charge < -0.3 is 10.6 Å². The lowest BCUT2D eigenvalue weighted by molar-refractivity contribution is 0.0690. The summed E-state index contributed by atoms with van der Waals surface area (Å²) in [6.07, 6.45) is 1.34. The molecule has 12 heavy (non-hydrogen) atoms. The van der Waals surface area contributed by atoms with Gasteiger partial charge in [0.1, 0.15) is 6.07 Å². The lowest BCUT2D eigenvalue weighted by Gasteiger charge is -1.92. The summed E-state index contributed by atoms with van der Waals surface area (Å²) in [5.74, 6) is -1.18. The Morgan fingerprint density at radius 2 is 2.33 bits per heavy atom. The lowest BCUT2D eigenvalue weighted by atomic mass is 10.2. The normalized spacial score (nSPS) is 7.92. The maximum absolute atomic E-state index is 10.4. The molecule has 0 bridgehead atoms. The SMILES string of the molecule is N#Cc1cccnc1C(=O)O.O. The van der Waals surface area contributed by atoms with Crippen LogP contribution in [0.3, 0.4) is 0 Å². The number of aromatic nitrogens is 1. The molecule has 0 saturated heterocycles. The van der Waals surface area contributed by atoms with Crippen LogP contribution < -0.4 is 0 Å². The largest absolute Gasteiger partial charge is 0.476 e. The van der Waals surface area contributed by atoms with Gasteiger partial charge in [0.15, 0.2) is 5.69 Å². The Hall–Kier alpha value is -1.93. The van der Waals surface area contributed by atoms with Gasteiger partial charge in [-0.15, -0.1) is 0 Å². The van der Waals surface area contributed by atoms with E-state index in [1.54, 1.807) is 6.07 Å². The Morgan fingerprint density at radius 3 is 2.75 bits per heavy atom. The van der Waals surface area contributed by atoms with Crippen molar-refractivity contribution >= 4 is 5.97 Å². The van der Waals surface area contributed by atoms with Gasteiger partial charge in [-0.1, -0.05) is 0 Å². The zero-order chi connectivity index (χ0) is 8.27. The highest BCUT2D eigenvalue weighted by Crippen LogP contribution is 2.02. The van der Waals surface area contributed by atoms with Crippen molar-refractivity contribution in [1.29, 1.82) is 5.26 Å². The Morgan fingerprint density at radius 1 is 1.67 bits per heavy atom. The van der Waals surface area contributed by atoms with Crippen LogP contribution in [0.25, 0.3) is 0 Å². The third kappa shape index (κ3) is 1.78. The number of nitriles is 1. The second kappa shape index (κ2) is 4.05. The molecule has 1 rings (SSSR count). The minimum atomic E-state index is -1.18. The molecule has 0 aliphatic carbocycles. The van der Waals surface area contributed by atoms with Gasteiger partial charge in [0, 0.05) is 6.20 Å². The van der Waals surface area contributed by atoms with Crippen molar-refractivity contribution in [3.05, 3.63) is 29.6 Å². The summed E-state index contributed by atoms with van der Waals surface area (Å²) in [6, 6.07) is 4.67. The molecule has 0 atom stereocenters. The second-order valence-corrected chi connectivity index (χ2v) is 1.82. The van der Waals surface area contributed by atoms with E-state index < -0.39 is 5.97 Å². The predicted molar refractivity (Wildman–Crippen MR) is 39.5 cm³/mol. The first-order valence-electron chi connectivity index (χ1n) is 2.84. The van der Waals surface area contributed by atoms with Crippen molar-refractivity contribution in [1.82, 2.24) is 4.98 Å². The Balaban J connectivity index is 0.00000121. The van der Waals surface area contributed by atoms with Crippen LogP contribution in [0.2, 0.25) is 0 Å². The molecule has 1 heterocycles. The van der Waals surface area contributed by atoms with Gasteiger partial charge in [-0.05, 0) is 12.1 Å². The van der Waals surface area contributed by atoms with Gasteiger partial charge in [-0.3, -0.25) is 0 Å². The van der Waals surface area contributed by atoms with Crippen LogP contribution in [-0.4, -0.2) is 21.5 Å². The van der Waals surface area contributed by atoms with Crippen LogP contribution in [0, 0.1) is 11.3 Å². The van der Waals surface area contributed by atoms with Crippen molar-refractivity contribution in [3.8, 4) is 6.07 Å². The number of hydrogen-bond acceptors (Lipinski definition) is 3. The van der Waals surface area contributed by atoms with Crippen LogP contribution in [-0.2, 0) is 0 Å². The zero-order valence-corrected chi connectivity index (χ0v) is 5.98. The molecule has 0 fully saturated rings. The highest BCUT2D eigenvalue weighted by atomic mass is 16.4. The van der Waals surface area contributed by atoms with Gasteiger partial charge in [-0.2, -0.15) is 5.26 Å². The molecule has 3 N–H and O–H groups in total. The summed E-state index contributed by atoms with van der Waals surface area (Å²) < 4.78 is 0. The Bertz CT molecular complexity index is 330. The van der Waals surface area contributed by atoms with Gasteiger partial charge >= 0.3 is 5.97 Å². The fourth-order valence-electron chi connectivity index (χ4n) is 0.666. The Kier molecular flexibility index (Phi) is 3.40. The van der Waals surface area contributed by atoms with E-state index in [2.05, 4.69) is 4.98 Å². The van der Waals surface area contributed by atoms with E-state index in [1.165, 1.54) is 18.3 Å². The summed E-state index contributed by atoms with van der Waals surface area (Å²) in [5.41, 5.74) is -0.116. The van der Waals surface area contributed by atoms with Gasteiger partial charge in [0.05, 0.1) is 5.56 Å². The first kappa shape index (κ1) is 10.1. The van der Waals surface area contributed by atoms with Crippen molar-refractivity contribution in [2.75, 3.05) is 0 Å². The number of carboxylic acid groups (broad SMARTS) is 1. The molecule has 0 aromatic carbocycles. The first-order valence-corrected chi connectivity index (χ1v) is 2.84. The maximum atomic E-state index is 10.4. The van der Waals surface area contributed by atoms with Gasteiger partial charge in [0.2, 0.25) is 0 Å². The number of pyridine rings is 1. The minimum absolute atomic E-state index is 0. The van der Waals surface area contributed by atoms with Crippen LogP contribution in [0.4, 0.5) is 0 Å². The molecule has 0 aliphatic rings. The fourth-order valence-corrected chi connectivity index (χ4v) is 0.666. The Labute approximate surface area is 68.2 Å². The molecule has 5 heteroatoms. The monoisotopic (exact) mass is 166 g/mol. The number of rotatable bonds is 1. The summed E-state index contributed by atoms with van der Waals surface area (Å²) in [6.45, 7) is 0. The third-order valence-corrected chi connectivity index (χ3v) is 1.13. The molecule has 1 aromatic rings. The van der Waals surface area contributed by atoms with Crippen LogP contribution in [0.5, 0.6) is 0 Å².